The first-order valence-corrected chi connectivity index (χ1v) is 5.49. The van der Waals surface area contributed by atoms with E-state index in [1.165, 1.54) is 18.2 Å². The van der Waals surface area contributed by atoms with Crippen LogP contribution in [0.25, 0.3) is 0 Å². The molecule has 1 aromatic carbocycles. The molecule has 0 aromatic heterocycles. The first-order valence-electron chi connectivity index (χ1n) is 5.49. The van der Waals surface area contributed by atoms with E-state index in [1.807, 2.05) is 0 Å². The van der Waals surface area contributed by atoms with Crippen LogP contribution in [0.3, 0.4) is 0 Å². The molecular weight excluding hydrogens is 263 g/mol. The Balaban J connectivity index is 2.48. The number of carboxylic acid groups (broad SMARTS) is 1. The SMILES string of the molecule is O=C(O)C1C(=O)NCC1c1ccccc1C(F)(F)F. The average molecular weight is 273 g/mol. The van der Waals surface area contributed by atoms with Gasteiger partial charge in [-0.25, -0.2) is 0 Å². The van der Waals surface area contributed by atoms with Gasteiger partial charge in [0.15, 0.2) is 0 Å². The molecule has 2 unspecified atom stereocenters. The number of carbonyl (C=O) groups excluding carboxylic acids is 1. The Kier molecular flexibility index (Phi) is 3.21. The van der Waals surface area contributed by atoms with Gasteiger partial charge < -0.3 is 10.4 Å². The molecule has 0 bridgehead atoms. The number of hydrogen-bond donors (Lipinski definition) is 2. The normalized spacial score (nSPS) is 23.2. The van der Waals surface area contributed by atoms with Gasteiger partial charge in [0.1, 0.15) is 5.92 Å². The molecule has 1 saturated heterocycles. The molecule has 2 atom stereocenters. The van der Waals surface area contributed by atoms with Crippen LogP contribution in [-0.2, 0) is 15.8 Å². The van der Waals surface area contributed by atoms with Crippen molar-refractivity contribution in [1.82, 2.24) is 5.32 Å². The van der Waals surface area contributed by atoms with E-state index >= 15 is 0 Å². The molecular formula is C12H10F3NO3. The summed E-state index contributed by atoms with van der Waals surface area (Å²) in [6.07, 6.45) is -4.58. The topological polar surface area (TPSA) is 66.4 Å². The van der Waals surface area contributed by atoms with Crippen LogP contribution in [-0.4, -0.2) is 23.5 Å². The quantitative estimate of drug-likeness (QED) is 0.805. The number of carboxylic acids is 1. The Morgan fingerprint density at radius 2 is 1.95 bits per heavy atom. The van der Waals surface area contributed by atoms with E-state index in [0.29, 0.717) is 0 Å². The molecule has 2 N–H and O–H groups in total. The van der Waals surface area contributed by atoms with Crippen LogP contribution >= 0.6 is 0 Å². The molecule has 0 radical (unpaired) electrons. The van der Waals surface area contributed by atoms with Crippen molar-refractivity contribution in [2.45, 2.75) is 12.1 Å². The van der Waals surface area contributed by atoms with Crippen molar-refractivity contribution in [2.24, 2.45) is 5.92 Å². The Morgan fingerprint density at radius 3 is 2.53 bits per heavy atom. The second kappa shape index (κ2) is 4.56. The molecule has 1 fully saturated rings. The molecule has 102 valence electrons. The summed E-state index contributed by atoms with van der Waals surface area (Å²) in [7, 11) is 0. The number of benzene rings is 1. The third-order valence-electron chi connectivity index (χ3n) is 3.11. The van der Waals surface area contributed by atoms with Gasteiger partial charge in [-0.2, -0.15) is 13.2 Å². The predicted molar refractivity (Wildman–Crippen MR) is 58.3 cm³/mol. The molecule has 1 aromatic rings. The summed E-state index contributed by atoms with van der Waals surface area (Å²) in [5.41, 5.74) is -1.07. The smallest absolute Gasteiger partial charge is 0.416 e. The van der Waals surface area contributed by atoms with E-state index in [2.05, 4.69) is 5.32 Å². The number of aliphatic carboxylic acids is 1. The lowest BCUT2D eigenvalue weighted by Crippen LogP contribution is -2.27. The summed E-state index contributed by atoms with van der Waals surface area (Å²) in [5.74, 6) is -4.67. The van der Waals surface area contributed by atoms with Crippen LogP contribution < -0.4 is 5.32 Å². The van der Waals surface area contributed by atoms with Gasteiger partial charge in [0, 0.05) is 12.5 Å². The number of amides is 1. The van der Waals surface area contributed by atoms with Crippen molar-refractivity contribution in [2.75, 3.05) is 6.54 Å². The van der Waals surface area contributed by atoms with Crippen molar-refractivity contribution < 1.29 is 27.9 Å². The van der Waals surface area contributed by atoms with Gasteiger partial charge >= 0.3 is 12.1 Å². The van der Waals surface area contributed by atoms with E-state index in [-0.39, 0.29) is 12.1 Å². The number of nitrogens with one attached hydrogen (secondary N) is 1. The van der Waals surface area contributed by atoms with Gasteiger partial charge in [-0.15, -0.1) is 0 Å². The number of hydrogen-bond acceptors (Lipinski definition) is 2. The molecule has 1 aliphatic heterocycles. The molecule has 0 saturated carbocycles. The maximum absolute atomic E-state index is 12.9. The first kappa shape index (κ1) is 13.4. The lowest BCUT2D eigenvalue weighted by Gasteiger charge is -2.19. The molecule has 19 heavy (non-hydrogen) atoms. The van der Waals surface area contributed by atoms with Crippen LogP contribution in [0.1, 0.15) is 17.0 Å². The van der Waals surface area contributed by atoms with Gasteiger partial charge in [-0.1, -0.05) is 18.2 Å². The van der Waals surface area contributed by atoms with Crippen molar-refractivity contribution in [3.8, 4) is 0 Å². The van der Waals surface area contributed by atoms with Gasteiger partial charge in [-0.3, -0.25) is 9.59 Å². The number of rotatable bonds is 2. The molecule has 1 heterocycles. The van der Waals surface area contributed by atoms with Crippen molar-refractivity contribution in [1.29, 1.82) is 0 Å². The van der Waals surface area contributed by atoms with Crippen molar-refractivity contribution >= 4 is 11.9 Å². The molecule has 2 rings (SSSR count). The highest BCUT2D eigenvalue weighted by Crippen LogP contribution is 2.39. The maximum atomic E-state index is 12.9. The first-order chi connectivity index (χ1) is 8.82. The largest absolute Gasteiger partial charge is 0.481 e. The highest BCUT2D eigenvalue weighted by molar-refractivity contribution is 6.00. The maximum Gasteiger partial charge on any atom is 0.416 e. The van der Waals surface area contributed by atoms with E-state index in [9.17, 15) is 22.8 Å². The summed E-state index contributed by atoms with van der Waals surface area (Å²) in [6, 6.07) is 4.72. The molecule has 1 aliphatic rings. The predicted octanol–water partition coefficient (Wildman–Crippen LogP) is 1.62. The Labute approximate surface area is 106 Å². The third-order valence-corrected chi connectivity index (χ3v) is 3.11. The zero-order chi connectivity index (χ0) is 14.2. The highest BCUT2D eigenvalue weighted by atomic mass is 19.4. The van der Waals surface area contributed by atoms with Crippen LogP contribution in [0.4, 0.5) is 13.2 Å². The van der Waals surface area contributed by atoms with Gasteiger partial charge in [0.05, 0.1) is 5.56 Å². The molecule has 1 amide bonds. The fourth-order valence-corrected chi connectivity index (χ4v) is 2.27. The minimum Gasteiger partial charge on any atom is -0.481 e. The van der Waals surface area contributed by atoms with Crippen LogP contribution in [0, 0.1) is 5.92 Å². The summed E-state index contributed by atoms with van der Waals surface area (Å²) in [6.45, 7) is -0.108. The van der Waals surface area contributed by atoms with Crippen LogP contribution in [0.15, 0.2) is 24.3 Å². The average Bonchev–Trinajstić information content (AvgIpc) is 2.70. The van der Waals surface area contributed by atoms with Crippen LogP contribution in [0.5, 0.6) is 0 Å². The lowest BCUT2D eigenvalue weighted by atomic mass is 9.85. The fraction of sp³-hybridized carbons (Fsp3) is 0.333. The minimum absolute atomic E-state index is 0.108. The summed E-state index contributed by atoms with van der Waals surface area (Å²) in [4.78, 5) is 22.4. The zero-order valence-electron chi connectivity index (χ0n) is 9.57. The summed E-state index contributed by atoms with van der Waals surface area (Å²) in [5, 5.41) is 11.3. The van der Waals surface area contributed by atoms with Gasteiger partial charge in [0.2, 0.25) is 5.91 Å². The lowest BCUT2D eigenvalue weighted by molar-refractivity contribution is -0.147. The second-order valence-electron chi connectivity index (χ2n) is 4.25. The van der Waals surface area contributed by atoms with Gasteiger partial charge in [-0.05, 0) is 11.6 Å². The van der Waals surface area contributed by atoms with Crippen molar-refractivity contribution in [3.05, 3.63) is 35.4 Å². The monoisotopic (exact) mass is 273 g/mol. The Hall–Kier alpha value is -2.05. The Morgan fingerprint density at radius 1 is 1.32 bits per heavy atom. The molecule has 0 spiro atoms. The third kappa shape index (κ3) is 2.40. The van der Waals surface area contributed by atoms with E-state index < -0.39 is 35.5 Å². The number of halogens is 3. The Bertz CT molecular complexity index is 527. The molecule has 7 heteroatoms. The van der Waals surface area contributed by atoms with E-state index in [1.54, 1.807) is 0 Å². The molecule has 4 nitrogen and oxygen atoms in total. The van der Waals surface area contributed by atoms with E-state index in [4.69, 9.17) is 5.11 Å². The van der Waals surface area contributed by atoms with E-state index in [0.717, 1.165) is 6.07 Å². The van der Waals surface area contributed by atoms with Gasteiger partial charge in [0.25, 0.3) is 0 Å². The highest BCUT2D eigenvalue weighted by Gasteiger charge is 2.44. The van der Waals surface area contributed by atoms with Crippen LogP contribution in [0.2, 0.25) is 0 Å². The fourth-order valence-electron chi connectivity index (χ4n) is 2.27. The minimum atomic E-state index is -4.58. The number of alkyl halides is 3. The summed E-state index contributed by atoms with van der Waals surface area (Å²) < 4.78 is 38.6. The standard InChI is InChI=1S/C12H10F3NO3/c13-12(14,15)8-4-2-1-3-6(8)7-5-16-10(17)9(7)11(18)19/h1-4,7,9H,5H2,(H,16,17)(H,18,19). The molecule has 0 aliphatic carbocycles. The zero-order valence-corrected chi connectivity index (χ0v) is 9.57. The van der Waals surface area contributed by atoms with Crippen molar-refractivity contribution in [3.63, 3.8) is 0 Å². The summed E-state index contributed by atoms with van der Waals surface area (Å²) >= 11 is 0. The number of carbonyl (C=O) groups is 2. The second-order valence-corrected chi connectivity index (χ2v) is 4.25.